The minimum Gasteiger partial charge on any atom is -0.466 e. The van der Waals surface area contributed by atoms with E-state index in [1.165, 1.54) is 0 Å². The average Bonchev–Trinajstić information content (AvgIpc) is 3.26. The summed E-state index contributed by atoms with van der Waals surface area (Å²) in [4.78, 5) is 27.6. The molecule has 7 heteroatoms. The molecule has 2 heterocycles. The Labute approximate surface area is 193 Å². The highest BCUT2D eigenvalue weighted by molar-refractivity contribution is 6.31. The van der Waals surface area contributed by atoms with Gasteiger partial charge in [-0.3, -0.25) is 14.5 Å². The van der Waals surface area contributed by atoms with E-state index < -0.39 is 0 Å². The zero-order valence-corrected chi connectivity index (χ0v) is 19.0. The van der Waals surface area contributed by atoms with Crippen molar-refractivity contribution in [2.75, 3.05) is 26.2 Å². The third kappa shape index (κ3) is 5.03. The quantitative estimate of drug-likeness (QED) is 0.612. The second kappa shape index (κ2) is 10.3. The van der Waals surface area contributed by atoms with Gasteiger partial charge in [-0.15, -0.1) is 0 Å². The van der Waals surface area contributed by atoms with E-state index in [9.17, 15) is 9.59 Å². The summed E-state index contributed by atoms with van der Waals surface area (Å²) in [5.74, 6) is -0.452. The third-order valence-electron chi connectivity index (χ3n) is 6.02. The molecule has 0 aromatic heterocycles. The average molecular weight is 454 g/mol. The minimum atomic E-state index is -0.253. The van der Waals surface area contributed by atoms with Gasteiger partial charge in [0.1, 0.15) is 0 Å². The van der Waals surface area contributed by atoms with Crippen LogP contribution in [0.25, 0.3) is 0 Å². The minimum absolute atomic E-state index is 0.0923. The van der Waals surface area contributed by atoms with Gasteiger partial charge in [-0.1, -0.05) is 60.1 Å². The largest absolute Gasteiger partial charge is 0.466 e. The second-order valence-corrected chi connectivity index (χ2v) is 8.63. The smallest absolute Gasteiger partial charge is 0.310 e. The van der Waals surface area contributed by atoms with E-state index in [0.29, 0.717) is 24.6 Å². The lowest BCUT2D eigenvalue weighted by atomic mass is 9.97. The number of likely N-dealkylation sites (tertiary alicyclic amines) is 1. The molecule has 1 fully saturated rings. The van der Waals surface area contributed by atoms with Crippen molar-refractivity contribution in [2.24, 2.45) is 11.0 Å². The summed E-state index contributed by atoms with van der Waals surface area (Å²) >= 11 is 6.49. The zero-order valence-electron chi connectivity index (χ0n) is 18.2. The topological polar surface area (TPSA) is 62.2 Å². The van der Waals surface area contributed by atoms with Crippen LogP contribution in [0.15, 0.2) is 59.7 Å². The first-order valence-corrected chi connectivity index (χ1v) is 11.5. The summed E-state index contributed by atoms with van der Waals surface area (Å²) in [6.07, 6.45) is 2.26. The number of carbonyl (C=O) groups excluding carboxylic acids is 2. The van der Waals surface area contributed by atoms with Gasteiger partial charge in [0.25, 0.3) is 5.91 Å². The lowest BCUT2D eigenvalue weighted by Crippen LogP contribution is -2.44. The van der Waals surface area contributed by atoms with Gasteiger partial charge < -0.3 is 4.74 Å². The molecular formula is C25H28ClN3O3. The summed E-state index contributed by atoms with van der Waals surface area (Å²) in [6, 6.07) is 17.3. The zero-order chi connectivity index (χ0) is 22.5. The highest BCUT2D eigenvalue weighted by atomic mass is 35.5. The van der Waals surface area contributed by atoms with Crippen LogP contribution >= 0.6 is 11.6 Å². The Morgan fingerprint density at radius 1 is 1.12 bits per heavy atom. The fourth-order valence-corrected chi connectivity index (χ4v) is 4.71. The third-order valence-corrected chi connectivity index (χ3v) is 6.37. The van der Waals surface area contributed by atoms with Crippen molar-refractivity contribution in [3.05, 3.63) is 70.7 Å². The Morgan fingerprint density at radius 3 is 2.62 bits per heavy atom. The van der Waals surface area contributed by atoms with Crippen molar-refractivity contribution in [3.63, 3.8) is 0 Å². The number of halogens is 1. The molecule has 0 unspecified atom stereocenters. The monoisotopic (exact) mass is 453 g/mol. The molecule has 1 saturated heterocycles. The molecule has 2 aromatic rings. The molecule has 0 saturated carbocycles. The van der Waals surface area contributed by atoms with Crippen LogP contribution in [0.3, 0.4) is 0 Å². The molecule has 6 nitrogen and oxygen atoms in total. The first-order chi connectivity index (χ1) is 15.6. The van der Waals surface area contributed by atoms with E-state index in [-0.39, 0.29) is 30.4 Å². The molecule has 168 valence electrons. The highest BCUT2D eigenvalue weighted by Crippen LogP contribution is 2.36. The lowest BCUT2D eigenvalue weighted by molar-refractivity contribution is -0.150. The normalized spacial score (nSPS) is 21.3. The molecule has 32 heavy (non-hydrogen) atoms. The second-order valence-electron chi connectivity index (χ2n) is 8.22. The molecule has 0 bridgehead atoms. The first kappa shape index (κ1) is 22.5. The van der Waals surface area contributed by atoms with E-state index in [4.69, 9.17) is 21.4 Å². The summed E-state index contributed by atoms with van der Waals surface area (Å²) in [6.45, 7) is 3.71. The molecule has 0 spiro atoms. The van der Waals surface area contributed by atoms with Gasteiger partial charge in [0.05, 0.1) is 30.8 Å². The number of nitrogens with zero attached hydrogens (tertiary/aromatic N) is 3. The Kier molecular flexibility index (Phi) is 7.22. The number of carbonyl (C=O) groups is 2. The fourth-order valence-electron chi connectivity index (χ4n) is 4.45. The molecule has 4 rings (SSSR count). The molecule has 0 N–H and O–H groups in total. The summed E-state index contributed by atoms with van der Waals surface area (Å²) < 4.78 is 5.19. The maximum atomic E-state index is 13.4. The summed E-state index contributed by atoms with van der Waals surface area (Å²) in [5.41, 5.74) is 2.76. The van der Waals surface area contributed by atoms with Gasteiger partial charge in [-0.25, -0.2) is 5.01 Å². The van der Waals surface area contributed by atoms with Crippen molar-refractivity contribution in [3.8, 4) is 0 Å². The van der Waals surface area contributed by atoms with E-state index in [2.05, 4.69) is 0 Å². The number of piperidine rings is 1. The Bertz CT molecular complexity index is 995. The first-order valence-electron chi connectivity index (χ1n) is 11.1. The van der Waals surface area contributed by atoms with Gasteiger partial charge >= 0.3 is 5.97 Å². The maximum absolute atomic E-state index is 13.4. The predicted octanol–water partition coefficient (Wildman–Crippen LogP) is 4.29. The van der Waals surface area contributed by atoms with Crippen molar-refractivity contribution >= 4 is 29.2 Å². The van der Waals surface area contributed by atoms with Crippen molar-refractivity contribution in [1.82, 2.24) is 9.91 Å². The van der Waals surface area contributed by atoms with Crippen LogP contribution in [0.2, 0.25) is 5.02 Å². The van der Waals surface area contributed by atoms with E-state index in [1.54, 1.807) is 5.01 Å². The number of hydrogen-bond acceptors (Lipinski definition) is 5. The number of hydrogen-bond donors (Lipinski definition) is 0. The number of benzene rings is 2. The number of hydrazone groups is 1. The van der Waals surface area contributed by atoms with Gasteiger partial charge in [0.2, 0.25) is 0 Å². The molecular weight excluding hydrogens is 426 g/mol. The van der Waals surface area contributed by atoms with Crippen LogP contribution in [0.4, 0.5) is 0 Å². The van der Waals surface area contributed by atoms with Crippen LogP contribution in [0, 0.1) is 5.92 Å². The predicted molar refractivity (Wildman–Crippen MR) is 124 cm³/mol. The fraction of sp³-hybridized carbons (Fsp3) is 0.400. The Balaban J connectivity index is 1.54. The van der Waals surface area contributed by atoms with E-state index >= 15 is 0 Å². The standard InChI is InChI=1S/C25H28ClN3O3/c1-2-32-25(31)19-11-8-14-28(16-19)17-24(30)29-23(20-12-6-7-13-21(20)26)15-22(27-29)18-9-4-3-5-10-18/h3-7,9-10,12-13,19,23H,2,8,11,14-17H2,1H3/t19-,23-/m0/s1. The van der Waals surface area contributed by atoms with Crippen LogP contribution in [0.1, 0.15) is 43.4 Å². The van der Waals surface area contributed by atoms with Crippen LogP contribution in [0.5, 0.6) is 0 Å². The van der Waals surface area contributed by atoms with Gasteiger partial charge in [-0.05, 0) is 43.5 Å². The van der Waals surface area contributed by atoms with Gasteiger partial charge in [-0.2, -0.15) is 5.10 Å². The molecule has 0 radical (unpaired) electrons. The molecule has 2 aliphatic rings. The Morgan fingerprint density at radius 2 is 1.88 bits per heavy atom. The van der Waals surface area contributed by atoms with Crippen LogP contribution in [-0.4, -0.2) is 53.7 Å². The number of amides is 1. The highest BCUT2D eigenvalue weighted by Gasteiger charge is 2.36. The maximum Gasteiger partial charge on any atom is 0.310 e. The van der Waals surface area contributed by atoms with E-state index in [0.717, 1.165) is 36.2 Å². The number of esters is 1. The van der Waals surface area contributed by atoms with Crippen molar-refractivity contribution in [1.29, 1.82) is 0 Å². The van der Waals surface area contributed by atoms with Crippen molar-refractivity contribution < 1.29 is 14.3 Å². The van der Waals surface area contributed by atoms with Gasteiger partial charge in [0.15, 0.2) is 0 Å². The summed E-state index contributed by atoms with van der Waals surface area (Å²) in [7, 11) is 0. The molecule has 2 aliphatic heterocycles. The number of ether oxygens (including phenoxy) is 1. The molecule has 0 aliphatic carbocycles. The molecule has 1 amide bonds. The SMILES string of the molecule is CCOC(=O)[C@H]1CCCN(CC(=O)N2N=C(c3ccccc3)C[C@H]2c2ccccc2Cl)C1. The van der Waals surface area contributed by atoms with E-state index in [1.807, 2.05) is 66.4 Å². The van der Waals surface area contributed by atoms with Gasteiger partial charge in [0, 0.05) is 18.0 Å². The lowest BCUT2D eigenvalue weighted by Gasteiger charge is -2.32. The summed E-state index contributed by atoms with van der Waals surface area (Å²) in [5, 5.41) is 6.94. The number of rotatable bonds is 6. The van der Waals surface area contributed by atoms with Crippen LogP contribution < -0.4 is 0 Å². The molecule has 2 atom stereocenters. The van der Waals surface area contributed by atoms with Crippen molar-refractivity contribution in [2.45, 2.75) is 32.2 Å². The van der Waals surface area contributed by atoms with Crippen LogP contribution in [-0.2, 0) is 14.3 Å². The Hall–Kier alpha value is -2.70. The molecule has 2 aromatic carbocycles.